The van der Waals surface area contributed by atoms with E-state index in [4.69, 9.17) is 5.11 Å². The number of carboxylic acid groups (broad SMARTS) is 1. The number of carboxylic acids is 1. The number of hydrogen-bond donors (Lipinski definition) is 3. The highest BCUT2D eigenvalue weighted by atomic mass is 16.4. The molecule has 1 aromatic carbocycles. The second-order valence-corrected chi connectivity index (χ2v) is 5.77. The molecule has 0 aliphatic heterocycles. The van der Waals surface area contributed by atoms with Gasteiger partial charge in [0, 0.05) is 0 Å². The van der Waals surface area contributed by atoms with Crippen LogP contribution in [0.1, 0.15) is 25.5 Å². The van der Waals surface area contributed by atoms with Crippen molar-refractivity contribution in [3.05, 3.63) is 35.9 Å². The van der Waals surface area contributed by atoms with Crippen molar-refractivity contribution in [1.82, 2.24) is 5.32 Å². The highest BCUT2D eigenvalue weighted by molar-refractivity contribution is 5.91. The standard InChI is InChI=1S/C15H19NO4/c1-15(2)11(12(15)14(19)20)13(18)16-10(8-17)9-6-4-3-5-7-9/h3-7,10-12,17H,8H2,1-2H3,(H,16,18)(H,19,20)/t10-,11?,12?/m1/s1. The predicted molar refractivity (Wildman–Crippen MR) is 72.8 cm³/mol. The van der Waals surface area contributed by atoms with E-state index in [0.717, 1.165) is 5.56 Å². The van der Waals surface area contributed by atoms with Crippen LogP contribution in [-0.2, 0) is 9.59 Å². The lowest BCUT2D eigenvalue weighted by atomic mass is 10.1. The molecule has 20 heavy (non-hydrogen) atoms. The molecule has 108 valence electrons. The minimum absolute atomic E-state index is 0.222. The number of nitrogens with one attached hydrogen (secondary N) is 1. The Bertz CT molecular complexity index is 512. The fourth-order valence-electron chi connectivity index (χ4n) is 2.77. The van der Waals surface area contributed by atoms with Crippen LogP contribution in [0.5, 0.6) is 0 Å². The van der Waals surface area contributed by atoms with Gasteiger partial charge in [0.25, 0.3) is 0 Å². The minimum Gasteiger partial charge on any atom is -0.481 e. The summed E-state index contributed by atoms with van der Waals surface area (Å²) in [5.41, 5.74) is 0.265. The van der Waals surface area contributed by atoms with E-state index < -0.39 is 29.3 Å². The molecule has 3 N–H and O–H groups in total. The van der Waals surface area contributed by atoms with Gasteiger partial charge in [0.05, 0.1) is 24.5 Å². The van der Waals surface area contributed by atoms with Crippen molar-refractivity contribution >= 4 is 11.9 Å². The summed E-state index contributed by atoms with van der Waals surface area (Å²) >= 11 is 0. The van der Waals surface area contributed by atoms with E-state index in [1.54, 1.807) is 13.8 Å². The Labute approximate surface area is 117 Å². The summed E-state index contributed by atoms with van der Waals surface area (Å²) < 4.78 is 0. The molecule has 1 aliphatic rings. The predicted octanol–water partition coefficient (Wildman–Crippen LogP) is 1.19. The van der Waals surface area contributed by atoms with Crippen molar-refractivity contribution in [2.24, 2.45) is 17.3 Å². The minimum atomic E-state index is -0.949. The fourth-order valence-corrected chi connectivity index (χ4v) is 2.77. The second kappa shape index (κ2) is 5.25. The Morgan fingerprint density at radius 1 is 1.25 bits per heavy atom. The molecule has 1 amide bonds. The number of carbonyl (C=O) groups is 2. The molecule has 0 radical (unpaired) electrons. The third kappa shape index (κ3) is 2.54. The van der Waals surface area contributed by atoms with E-state index in [9.17, 15) is 14.7 Å². The maximum Gasteiger partial charge on any atom is 0.307 e. The molecule has 3 atom stereocenters. The molecule has 2 unspecified atom stereocenters. The van der Waals surface area contributed by atoms with Crippen LogP contribution < -0.4 is 5.32 Å². The average Bonchev–Trinajstić information content (AvgIpc) is 3.00. The molecule has 1 saturated carbocycles. The van der Waals surface area contributed by atoms with Gasteiger partial charge in [0.1, 0.15) is 0 Å². The van der Waals surface area contributed by atoms with E-state index in [2.05, 4.69) is 5.32 Å². The zero-order valence-corrected chi connectivity index (χ0v) is 11.5. The molecule has 0 spiro atoms. The van der Waals surface area contributed by atoms with Gasteiger partial charge in [0.15, 0.2) is 0 Å². The smallest absolute Gasteiger partial charge is 0.307 e. The first-order valence-electron chi connectivity index (χ1n) is 6.58. The van der Waals surface area contributed by atoms with E-state index in [0.29, 0.717) is 0 Å². The van der Waals surface area contributed by atoms with Crippen molar-refractivity contribution < 1.29 is 19.8 Å². The molecular weight excluding hydrogens is 258 g/mol. The number of carbonyl (C=O) groups excluding carboxylic acids is 1. The topological polar surface area (TPSA) is 86.6 Å². The quantitative estimate of drug-likeness (QED) is 0.754. The molecule has 5 nitrogen and oxygen atoms in total. The van der Waals surface area contributed by atoms with Crippen molar-refractivity contribution in [1.29, 1.82) is 0 Å². The molecule has 2 rings (SSSR count). The Kier molecular flexibility index (Phi) is 3.81. The van der Waals surface area contributed by atoms with Crippen LogP contribution in [0, 0.1) is 17.3 Å². The van der Waals surface area contributed by atoms with Gasteiger partial charge in [-0.25, -0.2) is 0 Å². The van der Waals surface area contributed by atoms with Crippen LogP contribution >= 0.6 is 0 Å². The summed E-state index contributed by atoms with van der Waals surface area (Å²) in [4.78, 5) is 23.3. The maximum absolute atomic E-state index is 12.2. The normalized spacial score (nSPS) is 24.8. The molecule has 1 aromatic rings. The Hall–Kier alpha value is -1.88. The van der Waals surface area contributed by atoms with Crippen LogP contribution in [0.15, 0.2) is 30.3 Å². The number of aliphatic hydroxyl groups is 1. The lowest BCUT2D eigenvalue weighted by Crippen LogP contribution is -2.33. The highest BCUT2D eigenvalue weighted by Crippen LogP contribution is 2.58. The van der Waals surface area contributed by atoms with Crippen LogP contribution in [0.4, 0.5) is 0 Å². The van der Waals surface area contributed by atoms with Gasteiger partial charge in [-0.2, -0.15) is 0 Å². The average molecular weight is 277 g/mol. The zero-order chi connectivity index (χ0) is 14.9. The van der Waals surface area contributed by atoms with Crippen LogP contribution in [0.2, 0.25) is 0 Å². The molecular formula is C15H19NO4. The number of aliphatic hydroxyl groups excluding tert-OH is 1. The Morgan fingerprint density at radius 2 is 1.85 bits per heavy atom. The van der Waals surface area contributed by atoms with Gasteiger partial charge in [0.2, 0.25) is 5.91 Å². The van der Waals surface area contributed by atoms with Gasteiger partial charge >= 0.3 is 5.97 Å². The largest absolute Gasteiger partial charge is 0.481 e. The highest BCUT2D eigenvalue weighted by Gasteiger charge is 2.66. The summed E-state index contributed by atoms with van der Waals surface area (Å²) in [6.07, 6.45) is 0. The number of aliphatic carboxylic acids is 1. The first-order valence-corrected chi connectivity index (χ1v) is 6.58. The molecule has 1 fully saturated rings. The van der Waals surface area contributed by atoms with E-state index >= 15 is 0 Å². The van der Waals surface area contributed by atoms with Gasteiger partial charge < -0.3 is 15.5 Å². The Balaban J connectivity index is 2.07. The molecule has 5 heteroatoms. The number of rotatable bonds is 5. The summed E-state index contributed by atoms with van der Waals surface area (Å²) in [6.45, 7) is 3.32. The molecule has 0 bridgehead atoms. The summed E-state index contributed by atoms with van der Waals surface area (Å²) in [5.74, 6) is -2.46. The molecule has 0 heterocycles. The third-order valence-electron chi connectivity index (χ3n) is 4.08. The van der Waals surface area contributed by atoms with Crippen molar-refractivity contribution in [2.45, 2.75) is 19.9 Å². The SMILES string of the molecule is CC1(C)C(C(=O)O)C1C(=O)N[C@H](CO)c1ccccc1. The van der Waals surface area contributed by atoms with E-state index in [1.165, 1.54) is 0 Å². The number of benzene rings is 1. The third-order valence-corrected chi connectivity index (χ3v) is 4.08. The second-order valence-electron chi connectivity index (χ2n) is 5.77. The van der Waals surface area contributed by atoms with Crippen LogP contribution in [0.25, 0.3) is 0 Å². The lowest BCUT2D eigenvalue weighted by Gasteiger charge is -2.17. The van der Waals surface area contributed by atoms with Gasteiger partial charge in [-0.1, -0.05) is 44.2 Å². The van der Waals surface area contributed by atoms with E-state index in [1.807, 2.05) is 30.3 Å². The van der Waals surface area contributed by atoms with Crippen LogP contribution in [0.3, 0.4) is 0 Å². The van der Waals surface area contributed by atoms with Crippen molar-refractivity contribution in [3.63, 3.8) is 0 Å². The molecule has 0 saturated heterocycles. The van der Waals surface area contributed by atoms with Crippen LogP contribution in [-0.4, -0.2) is 28.7 Å². The molecule has 0 aromatic heterocycles. The number of amides is 1. The van der Waals surface area contributed by atoms with E-state index in [-0.39, 0.29) is 12.5 Å². The van der Waals surface area contributed by atoms with Gasteiger partial charge in [-0.05, 0) is 11.0 Å². The Morgan fingerprint density at radius 3 is 2.30 bits per heavy atom. The van der Waals surface area contributed by atoms with Gasteiger partial charge in [-0.15, -0.1) is 0 Å². The van der Waals surface area contributed by atoms with Gasteiger partial charge in [-0.3, -0.25) is 9.59 Å². The monoisotopic (exact) mass is 277 g/mol. The fraction of sp³-hybridized carbons (Fsp3) is 0.467. The summed E-state index contributed by atoms with van der Waals surface area (Å²) in [7, 11) is 0. The van der Waals surface area contributed by atoms with Crippen molar-refractivity contribution in [2.75, 3.05) is 6.61 Å². The maximum atomic E-state index is 12.2. The first-order chi connectivity index (χ1) is 9.39. The first kappa shape index (κ1) is 14.5. The molecule has 1 aliphatic carbocycles. The zero-order valence-electron chi connectivity index (χ0n) is 11.5. The summed E-state index contributed by atoms with van der Waals surface area (Å²) in [6, 6.07) is 8.62. The van der Waals surface area contributed by atoms with Crippen molar-refractivity contribution in [3.8, 4) is 0 Å². The number of hydrogen-bond acceptors (Lipinski definition) is 3. The summed E-state index contributed by atoms with van der Waals surface area (Å²) in [5, 5.41) is 21.2. The lowest BCUT2D eigenvalue weighted by molar-refractivity contribution is -0.140.